The van der Waals surface area contributed by atoms with Crippen molar-refractivity contribution in [2.75, 3.05) is 20.2 Å². The van der Waals surface area contributed by atoms with Gasteiger partial charge in [-0.2, -0.15) is 4.02 Å². The smallest absolute Gasteiger partial charge is 0.391 e. The van der Waals surface area contributed by atoms with E-state index in [1.165, 1.54) is 0 Å². The molecule has 0 radical (unpaired) electrons. The first-order valence-electron chi connectivity index (χ1n) is 3.14. The first kappa shape index (κ1) is 13.2. The second-order valence-electron chi connectivity index (χ2n) is 2.56. The van der Waals surface area contributed by atoms with Crippen LogP contribution >= 0.6 is 15.5 Å². The van der Waals surface area contributed by atoms with E-state index >= 15 is 0 Å². The SMILES string of the molecule is C[N+](CCO)(P(=O)(O)O)P(=O)(O)O. The fraction of sp³-hybridized carbons (Fsp3) is 1.00. The molecule has 0 aromatic heterocycles. The summed E-state index contributed by atoms with van der Waals surface area (Å²) in [6.07, 6.45) is 0. The standard InChI is InChI=1S/C3H11NO7P2/c1-4(2-3-5,12(6,7)8)13(9,10)11/h5H,2-3H2,1H3,(H3-,6,7,8,9,10,11)/p+1. The number of hydrogen-bond acceptors (Lipinski definition) is 3. The average molecular weight is 236 g/mol. The average Bonchev–Trinajstić information content (AvgIpc) is 1.82. The van der Waals surface area contributed by atoms with Crippen molar-refractivity contribution in [2.24, 2.45) is 0 Å². The molecule has 0 saturated heterocycles. The molecule has 0 saturated carbocycles. The fourth-order valence-corrected chi connectivity index (χ4v) is 2.52. The molecule has 0 bridgehead atoms. The zero-order valence-electron chi connectivity index (χ0n) is 6.81. The Morgan fingerprint density at radius 3 is 1.46 bits per heavy atom. The lowest BCUT2D eigenvalue weighted by molar-refractivity contribution is -0.690. The van der Waals surface area contributed by atoms with E-state index < -0.39 is 32.7 Å². The third-order valence-electron chi connectivity index (χ3n) is 1.65. The third-order valence-corrected chi connectivity index (χ3v) is 5.69. The van der Waals surface area contributed by atoms with Gasteiger partial charge >= 0.3 is 15.5 Å². The number of nitrogens with zero attached hydrogens (tertiary/aromatic N) is 1. The van der Waals surface area contributed by atoms with Crippen LogP contribution in [0.25, 0.3) is 0 Å². The monoisotopic (exact) mass is 236 g/mol. The zero-order chi connectivity index (χ0) is 10.9. The zero-order valence-corrected chi connectivity index (χ0v) is 8.60. The van der Waals surface area contributed by atoms with E-state index in [0.717, 1.165) is 0 Å². The predicted octanol–water partition coefficient (Wildman–Crippen LogP) is -1.39. The highest BCUT2D eigenvalue weighted by molar-refractivity contribution is 7.58. The Bertz CT molecular complexity index is 243. The maximum absolute atomic E-state index is 10.8. The number of rotatable bonds is 4. The molecule has 0 heterocycles. The molecule has 0 atom stereocenters. The molecule has 10 heteroatoms. The molecule has 0 rings (SSSR count). The molecule has 80 valence electrons. The summed E-state index contributed by atoms with van der Waals surface area (Å²) in [5.74, 6) is 0. The van der Waals surface area contributed by atoms with Gasteiger partial charge in [0.15, 0.2) is 0 Å². The van der Waals surface area contributed by atoms with E-state index in [-0.39, 0.29) is 0 Å². The number of likely N-dealkylation sites (N-methyl/N-ethyl adjacent to an activating group) is 1. The van der Waals surface area contributed by atoms with Crippen LogP contribution in [0, 0.1) is 0 Å². The normalized spacial score (nSPS) is 14.6. The van der Waals surface area contributed by atoms with Gasteiger partial charge in [-0.3, -0.25) is 19.6 Å². The summed E-state index contributed by atoms with van der Waals surface area (Å²) < 4.78 is 19.7. The van der Waals surface area contributed by atoms with E-state index in [1.807, 2.05) is 0 Å². The van der Waals surface area contributed by atoms with Gasteiger partial charge in [0.25, 0.3) is 0 Å². The number of hydrogen-bond donors (Lipinski definition) is 5. The van der Waals surface area contributed by atoms with E-state index in [0.29, 0.717) is 7.05 Å². The van der Waals surface area contributed by atoms with Crippen LogP contribution < -0.4 is 0 Å². The molecule has 0 amide bonds. The Morgan fingerprint density at radius 2 is 1.38 bits per heavy atom. The molecule has 0 spiro atoms. The number of aliphatic hydroxyl groups excluding tert-OH is 1. The summed E-state index contributed by atoms with van der Waals surface area (Å²) in [5, 5.41) is 8.43. The topological polar surface area (TPSA) is 135 Å². The highest BCUT2D eigenvalue weighted by Crippen LogP contribution is 2.64. The van der Waals surface area contributed by atoms with Crippen molar-refractivity contribution in [1.29, 1.82) is 0 Å². The summed E-state index contributed by atoms with van der Waals surface area (Å²) in [6, 6.07) is 0. The lowest BCUT2D eigenvalue weighted by Crippen LogP contribution is -2.39. The Kier molecular flexibility index (Phi) is 3.83. The van der Waals surface area contributed by atoms with Crippen molar-refractivity contribution in [3.8, 4) is 0 Å². The van der Waals surface area contributed by atoms with Crippen molar-refractivity contribution in [3.63, 3.8) is 0 Å². The summed E-state index contributed by atoms with van der Waals surface area (Å²) in [4.78, 5) is 34.7. The number of quaternary nitrogens is 1. The van der Waals surface area contributed by atoms with Gasteiger partial charge < -0.3 is 5.11 Å². The van der Waals surface area contributed by atoms with Gasteiger partial charge in [-0.25, -0.2) is 9.13 Å². The fourth-order valence-electron chi connectivity index (χ4n) is 0.602. The highest BCUT2D eigenvalue weighted by Gasteiger charge is 2.55. The molecule has 0 aliphatic heterocycles. The second-order valence-corrected chi connectivity index (χ2v) is 6.70. The largest absolute Gasteiger partial charge is 0.533 e. The van der Waals surface area contributed by atoms with Crippen LogP contribution in [-0.4, -0.2) is 48.9 Å². The van der Waals surface area contributed by atoms with Crippen molar-refractivity contribution in [2.45, 2.75) is 0 Å². The van der Waals surface area contributed by atoms with E-state index in [1.54, 1.807) is 0 Å². The maximum Gasteiger partial charge on any atom is 0.533 e. The minimum absolute atomic E-state index is 0.692. The van der Waals surface area contributed by atoms with Gasteiger partial charge in [0.1, 0.15) is 6.54 Å². The quantitative estimate of drug-likeness (QED) is 0.379. The van der Waals surface area contributed by atoms with Crippen LogP contribution in [0.1, 0.15) is 0 Å². The maximum atomic E-state index is 10.8. The Labute approximate surface area is 74.4 Å². The second kappa shape index (κ2) is 3.76. The molecule has 13 heavy (non-hydrogen) atoms. The van der Waals surface area contributed by atoms with Crippen LogP contribution in [-0.2, 0) is 9.13 Å². The predicted molar refractivity (Wildman–Crippen MR) is 42.2 cm³/mol. The number of aliphatic hydroxyl groups is 1. The Balaban J connectivity index is 5.22. The van der Waals surface area contributed by atoms with Gasteiger partial charge in [0.05, 0.1) is 13.7 Å². The van der Waals surface area contributed by atoms with E-state index in [2.05, 4.69) is 0 Å². The molecule has 0 fully saturated rings. The van der Waals surface area contributed by atoms with Crippen molar-refractivity contribution in [1.82, 2.24) is 0 Å². The molecular weight excluding hydrogens is 224 g/mol. The van der Waals surface area contributed by atoms with Crippen LogP contribution in [0.4, 0.5) is 0 Å². The summed E-state index contributed by atoms with van der Waals surface area (Å²) >= 11 is 0. The first-order valence-corrected chi connectivity index (χ1v) is 6.28. The van der Waals surface area contributed by atoms with Gasteiger partial charge in [0.2, 0.25) is 0 Å². The molecule has 5 N–H and O–H groups in total. The van der Waals surface area contributed by atoms with Crippen LogP contribution in [0.15, 0.2) is 0 Å². The van der Waals surface area contributed by atoms with Crippen molar-refractivity contribution in [3.05, 3.63) is 0 Å². The van der Waals surface area contributed by atoms with Gasteiger partial charge in [0, 0.05) is 0 Å². The third kappa shape index (κ3) is 2.59. The van der Waals surface area contributed by atoms with Crippen LogP contribution in [0.3, 0.4) is 0 Å². The first-order chi connectivity index (χ1) is 5.56. The molecule has 0 unspecified atom stereocenters. The Hall–Kier alpha value is 0.220. The van der Waals surface area contributed by atoms with Crippen molar-refractivity contribution >= 4 is 15.5 Å². The molecule has 0 aliphatic carbocycles. The molecule has 0 aromatic rings. The summed E-state index contributed by atoms with van der Waals surface area (Å²) in [6.45, 7) is -1.44. The van der Waals surface area contributed by atoms with Crippen LogP contribution in [0.5, 0.6) is 0 Å². The van der Waals surface area contributed by atoms with Gasteiger partial charge in [-0.1, -0.05) is 0 Å². The van der Waals surface area contributed by atoms with Gasteiger partial charge in [-0.05, 0) is 0 Å². The van der Waals surface area contributed by atoms with E-state index in [9.17, 15) is 9.13 Å². The minimum atomic E-state index is -5.01. The molecular formula is C3H12NO7P2+. The van der Waals surface area contributed by atoms with E-state index in [4.69, 9.17) is 24.7 Å². The van der Waals surface area contributed by atoms with Crippen LogP contribution in [0.2, 0.25) is 0 Å². The molecule has 0 aromatic carbocycles. The summed E-state index contributed by atoms with van der Waals surface area (Å²) in [5.41, 5.74) is 0. The molecule has 0 aliphatic rings. The van der Waals surface area contributed by atoms with Gasteiger partial charge in [-0.15, -0.1) is 0 Å². The molecule has 8 nitrogen and oxygen atoms in total. The Morgan fingerprint density at radius 1 is 1.08 bits per heavy atom. The lowest BCUT2D eigenvalue weighted by Gasteiger charge is -2.32. The highest BCUT2D eigenvalue weighted by atomic mass is 31.3. The minimum Gasteiger partial charge on any atom is -0.391 e. The summed E-state index contributed by atoms with van der Waals surface area (Å²) in [7, 11) is -9.33. The lowest BCUT2D eigenvalue weighted by atomic mass is 10.7. The van der Waals surface area contributed by atoms with Crippen molar-refractivity contribution < 1.29 is 37.8 Å².